The number of cyclic esters (lactones) is 1. The summed E-state index contributed by atoms with van der Waals surface area (Å²) >= 11 is 0. The molecule has 0 aromatic heterocycles. The Morgan fingerprint density at radius 3 is 1.91 bits per heavy atom. The number of ether oxygens (including phenoxy) is 3. The second kappa shape index (κ2) is 15.7. The number of carbonyl (C=O) groups is 1. The zero-order valence-corrected chi connectivity index (χ0v) is 27.5. The van der Waals surface area contributed by atoms with E-state index in [1.165, 1.54) is 12.2 Å². The van der Waals surface area contributed by atoms with Gasteiger partial charge in [0.1, 0.15) is 19.3 Å². The summed E-state index contributed by atoms with van der Waals surface area (Å²) in [6.07, 6.45) is 0.545. The van der Waals surface area contributed by atoms with Crippen LogP contribution in [0.15, 0.2) is 97.5 Å². The van der Waals surface area contributed by atoms with Crippen LogP contribution in [0.25, 0.3) is 0 Å². The Morgan fingerprint density at radius 1 is 0.907 bits per heavy atom. The van der Waals surface area contributed by atoms with Crippen LogP contribution >= 0.6 is 7.82 Å². The van der Waals surface area contributed by atoms with Crippen molar-refractivity contribution in [2.75, 3.05) is 19.8 Å². The number of hydrogen-bond acceptors (Lipinski definition) is 9. The summed E-state index contributed by atoms with van der Waals surface area (Å²) in [6.45, 7) is 17.6. The van der Waals surface area contributed by atoms with Gasteiger partial charge in [-0.25, -0.2) is 9.36 Å². The molecule has 43 heavy (non-hydrogen) atoms. The summed E-state index contributed by atoms with van der Waals surface area (Å²) in [4.78, 5) is 13.3. The van der Waals surface area contributed by atoms with E-state index in [9.17, 15) is 9.36 Å². The highest BCUT2D eigenvalue weighted by molar-refractivity contribution is 7.48. The molecule has 1 heterocycles. The van der Waals surface area contributed by atoms with Crippen LogP contribution < -0.4 is 0 Å². The maximum atomic E-state index is 13.7. The molecule has 234 valence electrons. The molecule has 0 spiro atoms. The van der Waals surface area contributed by atoms with Crippen molar-refractivity contribution < 1.29 is 41.6 Å². The van der Waals surface area contributed by atoms with Gasteiger partial charge in [0.2, 0.25) is 5.76 Å². The van der Waals surface area contributed by atoms with E-state index in [1.807, 2.05) is 60.7 Å². The molecule has 11 heteroatoms. The smallest absolute Gasteiger partial charge is 0.475 e. The topological polar surface area (TPSA) is 98.8 Å². The van der Waals surface area contributed by atoms with E-state index < -0.39 is 34.3 Å². The molecule has 0 fully saturated rings. The molecule has 2 aromatic rings. The predicted molar refractivity (Wildman–Crippen MR) is 167 cm³/mol. The van der Waals surface area contributed by atoms with Gasteiger partial charge in [-0.15, -0.1) is 13.2 Å². The summed E-state index contributed by atoms with van der Waals surface area (Å²) in [7, 11) is -6.55. The van der Waals surface area contributed by atoms with E-state index in [2.05, 4.69) is 47.0 Å². The molecule has 0 bridgehead atoms. The second-order valence-corrected chi connectivity index (χ2v) is 17.8. The van der Waals surface area contributed by atoms with Crippen LogP contribution in [0.2, 0.25) is 18.1 Å². The summed E-state index contributed by atoms with van der Waals surface area (Å²) in [5.41, 5.74) is 1.71. The van der Waals surface area contributed by atoms with Crippen molar-refractivity contribution in [1.82, 2.24) is 0 Å². The lowest BCUT2D eigenvalue weighted by atomic mass is 10.1. The summed E-state index contributed by atoms with van der Waals surface area (Å²) < 4.78 is 55.2. The fraction of sp³-hybridized carbons (Fsp3) is 0.406. The third kappa shape index (κ3) is 10.0. The Bertz CT molecular complexity index is 1270. The minimum absolute atomic E-state index is 0.0858. The van der Waals surface area contributed by atoms with Crippen molar-refractivity contribution in [2.24, 2.45) is 0 Å². The second-order valence-electron chi connectivity index (χ2n) is 11.4. The van der Waals surface area contributed by atoms with Gasteiger partial charge >= 0.3 is 13.8 Å². The van der Waals surface area contributed by atoms with Gasteiger partial charge in [-0.05, 0) is 29.3 Å². The van der Waals surface area contributed by atoms with Crippen molar-refractivity contribution in [3.63, 3.8) is 0 Å². The molecule has 0 amide bonds. The van der Waals surface area contributed by atoms with Gasteiger partial charge in [0.15, 0.2) is 20.2 Å². The first-order chi connectivity index (χ1) is 20.4. The minimum atomic E-state index is -4.21. The lowest BCUT2D eigenvalue weighted by molar-refractivity contribution is -0.148. The molecule has 1 aliphatic heterocycles. The van der Waals surface area contributed by atoms with Crippen molar-refractivity contribution in [3.8, 4) is 0 Å². The van der Waals surface area contributed by atoms with Gasteiger partial charge in [-0.2, -0.15) is 0 Å². The molecule has 2 unspecified atom stereocenters. The van der Waals surface area contributed by atoms with Crippen LogP contribution in [-0.2, 0) is 54.8 Å². The van der Waals surface area contributed by atoms with Gasteiger partial charge in [0, 0.05) is 0 Å². The SMILES string of the molecule is C=CCOP(=O)(OCC=C)OC(CO[Si](C)(C)C(C)(C)C)C1OC(=O)C(OCc2ccccc2)=C1OCc1ccccc1. The Kier molecular flexibility index (Phi) is 12.6. The first-order valence-corrected chi connectivity index (χ1v) is 18.5. The van der Waals surface area contributed by atoms with Gasteiger partial charge in [-0.1, -0.05) is 93.6 Å². The summed E-state index contributed by atoms with van der Waals surface area (Å²) in [6, 6.07) is 18.9. The lowest BCUT2D eigenvalue weighted by Crippen LogP contribution is -2.45. The van der Waals surface area contributed by atoms with Crippen LogP contribution in [-0.4, -0.2) is 46.3 Å². The molecule has 0 aliphatic carbocycles. The van der Waals surface area contributed by atoms with E-state index in [0.717, 1.165) is 11.1 Å². The molecular weight excluding hydrogens is 587 g/mol. The fourth-order valence-electron chi connectivity index (χ4n) is 3.67. The minimum Gasteiger partial charge on any atom is -0.485 e. The van der Waals surface area contributed by atoms with Crippen LogP contribution in [0.1, 0.15) is 31.9 Å². The number of phosphoric acid groups is 1. The van der Waals surface area contributed by atoms with Crippen LogP contribution in [0.4, 0.5) is 0 Å². The van der Waals surface area contributed by atoms with Crippen molar-refractivity contribution >= 4 is 22.1 Å². The average Bonchev–Trinajstić information content (AvgIpc) is 3.30. The van der Waals surface area contributed by atoms with E-state index in [4.69, 9.17) is 32.2 Å². The maximum absolute atomic E-state index is 13.7. The van der Waals surface area contributed by atoms with Crippen molar-refractivity contribution in [3.05, 3.63) is 109 Å². The predicted octanol–water partition coefficient (Wildman–Crippen LogP) is 7.48. The monoisotopic (exact) mass is 630 g/mol. The summed E-state index contributed by atoms with van der Waals surface area (Å²) in [5, 5.41) is -0.140. The fourth-order valence-corrected chi connectivity index (χ4v) is 5.96. The Hall–Kier alpha value is -2.98. The highest BCUT2D eigenvalue weighted by atomic mass is 31.2. The van der Waals surface area contributed by atoms with E-state index in [1.54, 1.807) is 0 Å². The quantitative estimate of drug-likeness (QED) is 0.0719. The van der Waals surface area contributed by atoms with E-state index in [-0.39, 0.29) is 49.6 Å². The molecule has 0 saturated heterocycles. The van der Waals surface area contributed by atoms with Gasteiger partial charge < -0.3 is 18.6 Å². The molecule has 1 aliphatic rings. The van der Waals surface area contributed by atoms with Crippen molar-refractivity contribution in [2.45, 2.75) is 64.3 Å². The first-order valence-electron chi connectivity index (χ1n) is 14.1. The molecular formula is C32H43O9PSi. The van der Waals surface area contributed by atoms with E-state index >= 15 is 0 Å². The lowest BCUT2D eigenvalue weighted by Gasteiger charge is -2.38. The molecule has 0 N–H and O–H groups in total. The third-order valence-electron chi connectivity index (χ3n) is 7.08. The normalized spacial score (nSPS) is 16.5. The number of hydrogen-bond donors (Lipinski definition) is 0. The number of phosphoric ester groups is 1. The van der Waals surface area contributed by atoms with Crippen LogP contribution in [0.5, 0.6) is 0 Å². The highest BCUT2D eigenvalue weighted by Gasteiger charge is 2.48. The molecule has 3 rings (SSSR count). The van der Waals surface area contributed by atoms with Gasteiger partial charge in [0.25, 0.3) is 0 Å². The molecule has 0 radical (unpaired) electrons. The average molecular weight is 631 g/mol. The summed E-state index contributed by atoms with van der Waals surface area (Å²) in [5.74, 6) is -0.731. The Morgan fingerprint density at radius 2 is 1.42 bits per heavy atom. The largest absolute Gasteiger partial charge is 0.485 e. The zero-order valence-electron chi connectivity index (χ0n) is 25.7. The number of benzene rings is 2. The number of carbonyl (C=O) groups excluding carboxylic acids is 1. The standard InChI is InChI=1S/C32H43O9PSi/c1-8-20-37-42(34,38-21-9-2)41-27(24-39-43(6,7)32(3,4)5)28-29(35-22-25-16-12-10-13-17-25)30(31(33)40-28)36-23-26-18-14-11-15-19-26/h8-19,27-28H,1-2,20-24H2,3-7H3. The maximum Gasteiger partial charge on any atom is 0.475 e. The first kappa shape index (κ1) is 34.5. The molecule has 2 aromatic carbocycles. The Balaban J connectivity index is 2.01. The molecule has 0 saturated carbocycles. The molecule has 2 atom stereocenters. The van der Waals surface area contributed by atoms with Crippen molar-refractivity contribution in [1.29, 1.82) is 0 Å². The number of esters is 1. The van der Waals surface area contributed by atoms with Gasteiger partial charge in [0.05, 0.1) is 19.8 Å². The van der Waals surface area contributed by atoms with E-state index in [0.29, 0.717) is 0 Å². The van der Waals surface area contributed by atoms with Crippen LogP contribution in [0.3, 0.4) is 0 Å². The Labute approximate surface area is 256 Å². The van der Waals surface area contributed by atoms with Crippen LogP contribution in [0, 0.1) is 0 Å². The highest BCUT2D eigenvalue weighted by Crippen LogP contribution is 2.52. The third-order valence-corrected chi connectivity index (χ3v) is 13.0. The number of rotatable bonds is 18. The molecule has 9 nitrogen and oxygen atoms in total. The zero-order chi connectivity index (χ0) is 31.5. The van der Waals surface area contributed by atoms with Gasteiger partial charge in [-0.3, -0.25) is 13.6 Å².